The normalized spacial score (nSPS) is 21.8. The maximum absolute atomic E-state index is 12.1. The largest absolute Gasteiger partial charge is 0.465 e. The van der Waals surface area contributed by atoms with E-state index in [1.165, 1.54) is 0 Å². The highest BCUT2D eigenvalue weighted by Crippen LogP contribution is 2.26. The second-order valence-electron chi connectivity index (χ2n) is 4.50. The molecule has 4 nitrogen and oxygen atoms in total. The molecule has 0 amide bonds. The van der Waals surface area contributed by atoms with Crippen molar-refractivity contribution in [2.45, 2.75) is 25.5 Å². The van der Waals surface area contributed by atoms with E-state index < -0.39 is 6.04 Å². The number of carbonyl (C=O) groups excluding carboxylic acids is 1. The second-order valence-corrected chi connectivity index (χ2v) is 4.50. The fourth-order valence-corrected chi connectivity index (χ4v) is 2.36. The molecule has 1 fully saturated rings. The monoisotopic (exact) mass is 249 g/mol. The number of aliphatic hydroxyl groups is 1. The Bertz CT molecular complexity index is 393. The number of likely N-dealkylation sites (tertiary alicyclic amines) is 1. The third-order valence-electron chi connectivity index (χ3n) is 3.19. The Balaban J connectivity index is 2.20. The van der Waals surface area contributed by atoms with Gasteiger partial charge in [0.25, 0.3) is 0 Å². The van der Waals surface area contributed by atoms with Crippen molar-refractivity contribution in [3.63, 3.8) is 0 Å². The summed E-state index contributed by atoms with van der Waals surface area (Å²) in [4.78, 5) is 14.1. The first kappa shape index (κ1) is 13.1. The first-order chi connectivity index (χ1) is 8.72. The standard InChI is InChI=1S/C14H19NO3/c1-2-18-14(17)13(11-6-4-3-5-7-11)15-9-8-12(16)10-15/h3-7,12-13,16H,2,8-10H2,1H3. The number of ether oxygens (including phenoxy) is 1. The molecular formula is C14H19NO3. The summed E-state index contributed by atoms with van der Waals surface area (Å²) in [6.07, 6.45) is 0.369. The topological polar surface area (TPSA) is 49.8 Å². The maximum atomic E-state index is 12.1. The molecule has 1 saturated heterocycles. The molecule has 0 saturated carbocycles. The summed E-state index contributed by atoms with van der Waals surface area (Å²) >= 11 is 0. The van der Waals surface area contributed by atoms with Crippen LogP contribution in [-0.2, 0) is 9.53 Å². The predicted molar refractivity (Wildman–Crippen MR) is 68.0 cm³/mol. The molecule has 1 aliphatic rings. The summed E-state index contributed by atoms with van der Waals surface area (Å²) in [6.45, 7) is 3.43. The quantitative estimate of drug-likeness (QED) is 0.819. The number of rotatable bonds is 4. The Morgan fingerprint density at radius 2 is 2.22 bits per heavy atom. The zero-order chi connectivity index (χ0) is 13.0. The molecule has 1 N–H and O–H groups in total. The van der Waals surface area contributed by atoms with Gasteiger partial charge >= 0.3 is 5.97 Å². The van der Waals surface area contributed by atoms with Crippen molar-refractivity contribution in [3.05, 3.63) is 35.9 Å². The van der Waals surface area contributed by atoms with E-state index in [2.05, 4.69) is 0 Å². The van der Waals surface area contributed by atoms with Crippen LogP contribution in [0.1, 0.15) is 24.9 Å². The van der Waals surface area contributed by atoms with Crippen LogP contribution in [0.15, 0.2) is 30.3 Å². The Morgan fingerprint density at radius 3 is 2.78 bits per heavy atom. The first-order valence-electron chi connectivity index (χ1n) is 6.36. The van der Waals surface area contributed by atoms with E-state index in [1.54, 1.807) is 6.92 Å². The molecule has 98 valence electrons. The van der Waals surface area contributed by atoms with E-state index in [0.717, 1.165) is 12.1 Å². The van der Waals surface area contributed by atoms with Crippen molar-refractivity contribution in [3.8, 4) is 0 Å². The molecule has 2 unspecified atom stereocenters. The Hall–Kier alpha value is -1.39. The number of esters is 1. The highest BCUT2D eigenvalue weighted by atomic mass is 16.5. The van der Waals surface area contributed by atoms with Gasteiger partial charge in [0.2, 0.25) is 0 Å². The van der Waals surface area contributed by atoms with Crippen LogP contribution in [0.2, 0.25) is 0 Å². The lowest BCUT2D eigenvalue weighted by Crippen LogP contribution is -2.34. The van der Waals surface area contributed by atoms with Crippen molar-refractivity contribution in [2.24, 2.45) is 0 Å². The van der Waals surface area contributed by atoms with Gasteiger partial charge in [-0.25, -0.2) is 4.79 Å². The van der Waals surface area contributed by atoms with Crippen molar-refractivity contribution >= 4 is 5.97 Å². The third kappa shape index (κ3) is 2.89. The van der Waals surface area contributed by atoms with Crippen LogP contribution in [0, 0.1) is 0 Å². The lowest BCUT2D eigenvalue weighted by molar-refractivity contribution is -0.149. The van der Waals surface area contributed by atoms with E-state index in [1.807, 2.05) is 35.2 Å². The van der Waals surface area contributed by atoms with E-state index in [-0.39, 0.29) is 12.1 Å². The van der Waals surface area contributed by atoms with Gasteiger partial charge in [-0.05, 0) is 18.9 Å². The lowest BCUT2D eigenvalue weighted by Gasteiger charge is -2.25. The highest BCUT2D eigenvalue weighted by Gasteiger charge is 2.33. The van der Waals surface area contributed by atoms with Crippen molar-refractivity contribution < 1.29 is 14.6 Å². The molecule has 18 heavy (non-hydrogen) atoms. The minimum atomic E-state index is -0.400. The summed E-state index contributed by atoms with van der Waals surface area (Å²) in [7, 11) is 0. The smallest absolute Gasteiger partial charge is 0.328 e. The molecule has 0 aromatic heterocycles. The van der Waals surface area contributed by atoms with Gasteiger partial charge in [-0.2, -0.15) is 0 Å². The summed E-state index contributed by atoms with van der Waals surface area (Å²) in [5.41, 5.74) is 0.921. The molecule has 0 spiro atoms. The Kier molecular flexibility index (Phi) is 4.33. The number of β-amino-alcohol motifs (C(OH)–C–C–N with tert-alkyl or cyclic N) is 1. The SMILES string of the molecule is CCOC(=O)C(c1ccccc1)N1CCC(O)C1. The first-order valence-corrected chi connectivity index (χ1v) is 6.36. The summed E-state index contributed by atoms with van der Waals surface area (Å²) in [5, 5.41) is 9.61. The van der Waals surface area contributed by atoms with Gasteiger partial charge in [0, 0.05) is 13.1 Å². The van der Waals surface area contributed by atoms with Crippen LogP contribution in [0.25, 0.3) is 0 Å². The van der Waals surface area contributed by atoms with Gasteiger partial charge in [-0.15, -0.1) is 0 Å². The number of benzene rings is 1. The number of hydrogen-bond donors (Lipinski definition) is 1. The fraction of sp³-hybridized carbons (Fsp3) is 0.500. The van der Waals surface area contributed by atoms with Crippen molar-refractivity contribution in [2.75, 3.05) is 19.7 Å². The van der Waals surface area contributed by atoms with Gasteiger partial charge in [-0.3, -0.25) is 4.90 Å². The minimum absolute atomic E-state index is 0.238. The summed E-state index contributed by atoms with van der Waals surface area (Å²) in [6, 6.07) is 9.19. The van der Waals surface area contributed by atoms with E-state index in [0.29, 0.717) is 19.6 Å². The van der Waals surface area contributed by atoms with Crippen LogP contribution in [0.3, 0.4) is 0 Å². The van der Waals surface area contributed by atoms with Crippen molar-refractivity contribution in [1.82, 2.24) is 4.90 Å². The van der Waals surface area contributed by atoms with Crippen LogP contribution < -0.4 is 0 Å². The number of hydrogen-bond acceptors (Lipinski definition) is 4. The van der Waals surface area contributed by atoms with Crippen LogP contribution in [0.4, 0.5) is 0 Å². The molecular weight excluding hydrogens is 230 g/mol. The lowest BCUT2D eigenvalue weighted by atomic mass is 10.1. The van der Waals surface area contributed by atoms with Gasteiger partial charge < -0.3 is 9.84 Å². The average Bonchev–Trinajstić information content (AvgIpc) is 2.78. The predicted octanol–water partition coefficient (Wildman–Crippen LogP) is 1.36. The molecule has 0 radical (unpaired) electrons. The third-order valence-corrected chi connectivity index (χ3v) is 3.19. The molecule has 4 heteroatoms. The minimum Gasteiger partial charge on any atom is -0.465 e. The zero-order valence-corrected chi connectivity index (χ0v) is 10.6. The van der Waals surface area contributed by atoms with Gasteiger partial charge in [0.15, 0.2) is 0 Å². The van der Waals surface area contributed by atoms with Crippen LogP contribution in [0.5, 0.6) is 0 Å². The molecule has 1 aliphatic heterocycles. The number of carbonyl (C=O) groups is 1. The van der Waals surface area contributed by atoms with Crippen LogP contribution in [-0.4, -0.2) is 41.8 Å². The number of nitrogens with zero attached hydrogens (tertiary/aromatic N) is 1. The van der Waals surface area contributed by atoms with Gasteiger partial charge in [0.1, 0.15) is 6.04 Å². The van der Waals surface area contributed by atoms with E-state index in [9.17, 15) is 9.90 Å². The molecule has 2 rings (SSSR count). The van der Waals surface area contributed by atoms with E-state index in [4.69, 9.17) is 4.74 Å². The van der Waals surface area contributed by atoms with Gasteiger partial charge in [-0.1, -0.05) is 30.3 Å². The van der Waals surface area contributed by atoms with Gasteiger partial charge in [0.05, 0.1) is 12.7 Å². The van der Waals surface area contributed by atoms with Crippen LogP contribution >= 0.6 is 0 Å². The highest BCUT2D eigenvalue weighted by molar-refractivity contribution is 5.77. The molecule has 0 bridgehead atoms. The average molecular weight is 249 g/mol. The summed E-state index contributed by atoms with van der Waals surface area (Å²) < 4.78 is 5.14. The molecule has 1 heterocycles. The number of aliphatic hydroxyl groups excluding tert-OH is 1. The molecule has 2 atom stereocenters. The second kappa shape index (κ2) is 5.98. The molecule has 1 aromatic carbocycles. The Morgan fingerprint density at radius 1 is 1.50 bits per heavy atom. The zero-order valence-electron chi connectivity index (χ0n) is 10.6. The van der Waals surface area contributed by atoms with E-state index >= 15 is 0 Å². The summed E-state index contributed by atoms with van der Waals surface area (Å²) in [5.74, 6) is -0.238. The molecule has 1 aromatic rings. The maximum Gasteiger partial charge on any atom is 0.328 e. The fourth-order valence-electron chi connectivity index (χ4n) is 2.36. The Labute approximate surface area is 107 Å². The van der Waals surface area contributed by atoms with Crippen molar-refractivity contribution in [1.29, 1.82) is 0 Å². The molecule has 0 aliphatic carbocycles.